The van der Waals surface area contributed by atoms with Crippen molar-refractivity contribution < 1.29 is 27.7 Å². The van der Waals surface area contributed by atoms with Crippen LogP contribution in [0.2, 0.25) is 0 Å². The van der Waals surface area contributed by atoms with Gasteiger partial charge in [-0.3, -0.25) is 13.8 Å². The van der Waals surface area contributed by atoms with Crippen LogP contribution in [0.5, 0.6) is 0 Å². The van der Waals surface area contributed by atoms with Crippen LogP contribution in [0, 0.1) is 5.82 Å². The third kappa shape index (κ3) is 4.41. The second kappa shape index (κ2) is 8.75. The molecule has 0 amide bonds. The molecule has 1 aliphatic carbocycles. The number of ether oxygens (including phenoxy) is 2. The van der Waals surface area contributed by atoms with Crippen molar-refractivity contribution in [3.63, 3.8) is 0 Å². The molecule has 5 nitrogen and oxygen atoms in total. The highest BCUT2D eigenvalue weighted by Gasteiger charge is 2.31. The summed E-state index contributed by atoms with van der Waals surface area (Å²) >= 11 is 0. The molecular weight excluding hydrogens is 407 g/mol. The quantitative estimate of drug-likeness (QED) is 0.657. The zero-order chi connectivity index (χ0) is 22.0. The topological polar surface area (TPSA) is 69.7 Å². The summed E-state index contributed by atoms with van der Waals surface area (Å²) in [7, 11) is -1.08. The molecule has 30 heavy (non-hydrogen) atoms. The Morgan fingerprint density at radius 1 is 1.07 bits per heavy atom. The van der Waals surface area contributed by atoms with E-state index in [0.29, 0.717) is 21.6 Å². The van der Waals surface area contributed by atoms with E-state index in [1.165, 1.54) is 19.9 Å². The lowest BCUT2D eigenvalue weighted by Crippen LogP contribution is -2.07. The molecule has 1 aliphatic rings. The molecule has 0 saturated carbocycles. The molecule has 0 N–H and O–H groups in total. The van der Waals surface area contributed by atoms with E-state index in [0.717, 1.165) is 11.1 Å². The Hall–Kier alpha value is -3.06. The largest absolute Gasteiger partial charge is 0.461 e. The van der Waals surface area contributed by atoms with E-state index < -0.39 is 28.6 Å². The molecule has 7 heteroatoms. The minimum absolute atomic E-state index is 0.151. The fraction of sp³-hybridized carbons (Fsp3) is 0.217. The van der Waals surface area contributed by atoms with Crippen molar-refractivity contribution >= 4 is 40.1 Å². The van der Waals surface area contributed by atoms with Crippen LogP contribution in [0.3, 0.4) is 0 Å². The third-order valence-electron chi connectivity index (χ3n) is 4.71. The summed E-state index contributed by atoms with van der Waals surface area (Å²) in [5.41, 5.74) is 3.50. The Morgan fingerprint density at radius 3 is 2.30 bits per heavy atom. The fourth-order valence-electron chi connectivity index (χ4n) is 3.31. The lowest BCUT2D eigenvalue weighted by molar-refractivity contribution is -0.142. The van der Waals surface area contributed by atoms with Gasteiger partial charge in [0.05, 0.1) is 0 Å². The molecule has 0 heterocycles. The summed E-state index contributed by atoms with van der Waals surface area (Å²) < 4.78 is 36.7. The lowest BCUT2D eigenvalue weighted by atomic mass is 9.98. The van der Waals surface area contributed by atoms with E-state index in [9.17, 15) is 18.2 Å². The predicted octanol–water partition coefficient (Wildman–Crippen LogP) is 4.47. The molecule has 2 aromatic carbocycles. The predicted molar refractivity (Wildman–Crippen MR) is 113 cm³/mol. The summed E-state index contributed by atoms with van der Waals surface area (Å²) in [6.07, 6.45) is 3.50. The highest BCUT2D eigenvalue weighted by molar-refractivity contribution is 7.84. The number of benzene rings is 2. The zero-order valence-corrected chi connectivity index (χ0v) is 17.9. The van der Waals surface area contributed by atoms with E-state index in [2.05, 4.69) is 0 Å². The number of hydrogen-bond acceptors (Lipinski definition) is 5. The number of hydrogen-bond donors (Lipinski definition) is 0. The third-order valence-corrected chi connectivity index (χ3v) is 5.64. The smallest absolute Gasteiger partial charge is 0.308 e. The molecule has 3 rings (SSSR count). The average molecular weight is 428 g/mol. The van der Waals surface area contributed by atoms with Gasteiger partial charge in [-0.2, -0.15) is 0 Å². The molecule has 0 aromatic heterocycles. The molecule has 0 bridgehead atoms. The van der Waals surface area contributed by atoms with E-state index in [-0.39, 0.29) is 17.9 Å². The maximum Gasteiger partial charge on any atom is 0.308 e. The first-order chi connectivity index (χ1) is 14.2. The minimum atomic E-state index is -1.08. The van der Waals surface area contributed by atoms with Crippen molar-refractivity contribution in [2.24, 2.45) is 0 Å². The number of esters is 2. The van der Waals surface area contributed by atoms with Gasteiger partial charge in [0.25, 0.3) is 0 Å². The van der Waals surface area contributed by atoms with Crippen molar-refractivity contribution in [2.45, 2.75) is 32.3 Å². The molecule has 0 aliphatic heterocycles. The molecular formula is C23H21FO5S. The number of carbonyl (C=O) groups is 2. The van der Waals surface area contributed by atoms with E-state index in [1.54, 1.807) is 31.4 Å². The summed E-state index contributed by atoms with van der Waals surface area (Å²) in [6.45, 7) is 4.03. The SMILES string of the molecule is CC(=O)OCc1c(F)ccc2c1C(OC(C)=O)=C(C)C2=Cc1ccc(S(C)=O)cc1. The standard InChI is InChI=1S/C23H21FO5S/c1-13-19(11-16-5-7-17(8-6-16)30(4)27)18-9-10-21(24)20(12-28-14(2)25)22(18)23(13)29-15(3)26/h5-11H,12H2,1-4H3. The van der Waals surface area contributed by atoms with Gasteiger partial charge in [0.1, 0.15) is 18.2 Å². The van der Waals surface area contributed by atoms with Crippen LogP contribution in [0.25, 0.3) is 17.4 Å². The second-order valence-corrected chi connectivity index (χ2v) is 8.24. The number of carbonyl (C=O) groups excluding carboxylic acids is 2. The Labute approximate surface area is 176 Å². The summed E-state index contributed by atoms with van der Waals surface area (Å²) in [6, 6.07) is 10.2. The molecule has 1 unspecified atom stereocenters. The monoisotopic (exact) mass is 428 g/mol. The minimum Gasteiger partial charge on any atom is -0.461 e. The van der Waals surface area contributed by atoms with Gasteiger partial charge in [0.15, 0.2) is 0 Å². The van der Waals surface area contributed by atoms with Crippen molar-refractivity contribution in [2.75, 3.05) is 6.26 Å². The maximum absolute atomic E-state index is 14.6. The molecule has 0 fully saturated rings. The first-order valence-corrected chi connectivity index (χ1v) is 10.7. The number of fused-ring (bicyclic) bond motifs is 1. The van der Waals surface area contributed by atoms with Crippen LogP contribution in [0.1, 0.15) is 43.0 Å². The van der Waals surface area contributed by atoms with Crippen molar-refractivity contribution in [3.8, 4) is 0 Å². The molecule has 156 valence electrons. The summed E-state index contributed by atoms with van der Waals surface area (Å²) in [5.74, 6) is -1.38. The highest BCUT2D eigenvalue weighted by atomic mass is 32.2. The van der Waals surface area contributed by atoms with Crippen LogP contribution in [0.4, 0.5) is 4.39 Å². The first kappa shape index (κ1) is 21.6. The molecule has 0 saturated heterocycles. The number of rotatable bonds is 5. The van der Waals surface area contributed by atoms with Gasteiger partial charge in [-0.05, 0) is 47.9 Å². The van der Waals surface area contributed by atoms with Crippen molar-refractivity contribution in [1.29, 1.82) is 0 Å². The van der Waals surface area contributed by atoms with Crippen molar-refractivity contribution in [3.05, 3.63) is 70.0 Å². The number of allylic oxidation sites excluding steroid dienone is 2. The Bertz CT molecular complexity index is 1110. The van der Waals surface area contributed by atoms with Crippen LogP contribution in [-0.4, -0.2) is 22.4 Å². The Balaban J connectivity index is 2.16. The van der Waals surface area contributed by atoms with Crippen LogP contribution < -0.4 is 0 Å². The van der Waals surface area contributed by atoms with Crippen LogP contribution in [-0.2, 0) is 36.5 Å². The first-order valence-electron chi connectivity index (χ1n) is 9.19. The van der Waals surface area contributed by atoms with Gasteiger partial charge in [-0.1, -0.05) is 18.2 Å². The van der Waals surface area contributed by atoms with Crippen molar-refractivity contribution in [1.82, 2.24) is 0 Å². The van der Waals surface area contributed by atoms with Gasteiger partial charge in [-0.15, -0.1) is 0 Å². The average Bonchev–Trinajstić information content (AvgIpc) is 2.93. The van der Waals surface area contributed by atoms with Gasteiger partial charge in [0.2, 0.25) is 0 Å². The van der Waals surface area contributed by atoms with E-state index >= 15 is 0 Å². The van der Waals surface area contributed by atoms with Crippen LogP contribution >= 0.6 is 0 Å². The van der Waals surface area contributed by atoms with Crippen LogP contribution in [0.15, 0.2) is 46.9 Å². The highest BCUT2D eigenvalue weighted by Crippen LogP contribution is 2.45. The molecule has 0 spiro atoms. The normalized spacial score (nSPS) is 15.2. The second-order valence-electron chi connectivity index (χ2n) is 6.86. The Kier molecular flexibility index (Phi) is 6.31. The summed E-state index contributed by atoms with van der Waals surface area (Å²) in [4.78, 5) is 23.7. The fourth-order valence-corrected chi connectivity index (χ4v) is 3.83. The molecule has 0 radical (unpaired) electrons. The van der Waals surface area contributed by atoms with Gasteiger partial charge < -0.3 is 9.47 Å². The molecule has 2 aromatic rings. The maximum atomic E-state index is 14.6. The van der Waals surface area contributed by atoms with Gasteiger partial charge in [-0.25, -0.2) is 4.39 Å². The van der Waals surface area contributed by atoms with E-state index in [4.69, 9.17) is 9.47 Å². The lowest BCUT2D eigenvalue weighted by Gasteiger charge is -2.13. The zero-order valence-electron chi connectivity index (χ0n) is 17.1. The molecule has 1 atom stereocenters. The number of halogens is 1. The van der Waals surface area contributed by atoms with Gasteiger partial charge >= 0.3 is 11.9 Å². The van der Waals surface area contributed by atoms with E-state index in [1.807, 2.05) is 18.2 Å². The van der Waals surface area contributed by atoms with Gasteiger partial charge in [0, 0.05) is 52.5 Å². The summed E-state index contributed by atoms with van der Waals surface area (Å²) in [5, 5.41) is 0. The Morgan fingerprint density at radius 2 is 1.73 bits per heavy atom.